The van der Waals surface area contributed by atoms with Crippen LogP contribution in [0.15, 0.2) is 30.3 Å². The molecule has 308 valence electrons. The molecule has 1 aromatic carbocycles. The van der Waals surface area contributed by atoms with E-state index >= 15 is 0 Å². The Balaban J connectivity index is 3.36. The van der Waals surface area contributed by atoms with Crippen molar-refractivity contribution < 1.29 is 48.6 Å². The first-order valence-corrected chi connectivity index (χ1v) is 19.0. The van der Waals surface area contributed by atoms with Crippen molar-refractivity contribution in [2.24, 2.45) is 23.7 Å². The summed E-state index contributed by atoms with van der Waals surface area (Å²) < 4.78 is 0. The minimum absolute atomic E-state index is 0.000120. The summed E-state index contributed by atoms with van der Waals surface area (Å²) >= 11 is 0. The molecule has 0 aliphatic heterocycles. The Morgan fingerprint density at radius 2 is 1.20 bits per heavy atom. The van der Waals surface area contributed by atoms with Gasteiger partial charge in [-0.05, 0) is 36.2 Å². The average Bonchev–Trinajstić information content (AvgIpc) is 3.11. The van der Waals surface area contributed by atoms with E-state index in [0.29, 0.717) is 30.9 Å². The number of nitrogens with zero attached hydrogens (tertiary/aromatic N) is 1. The van der Waals surface area contributed by atoms with Crippen LogP contribution in [0.3, 0.4) is 0 Å². The highest BCUT2D eigenvalue weighted by atomic mass is 16.4. The second-order valence-corrected chi connectivity index (χ2v) is 15.0. The second-order valence-electron chi connectivity index (χ2n) is 15.0. The summed E-state index contributed by atoms with van der Waals surface area (Å²) in [5.74, 6) is -7.77. The summed E-state index contributed by atoms with van der Waals surface area (Å²) in [6.45, 7) is 16.1. The molecule has 1 aromatic rings. The van der Waals surface area contributed by atoms with Crippen molar-refractivity contribution in [2.45, 2.75) is 125 Å². The highest BCUT2D eigenvalue weighted by molar-refractivity contribution is 5.97. The van der Waals surface area contributed by atoms with Gasteiger partial charge in [0.15, 0.2) is 0 Å². The van der Waals surface area contributed by atoms with E-state index in [0.717, 1.165) is 0 Å². The molecular weight excluding hydrogens is 712 g/mol. The monoisotopic (exact) mass is 774 g/mol. The molecule has 0 heterocycles. The van der Waals surface area contributed by atoms with Crippen molar-refractivity contribution in [3.05, 3.63) is 35.9 Å². The minimum atomic E-state index is -1.67. The van der Waals surface area contributed by atoms with Crippen LogP contribution in [0, 0.1) is 23.7 Å². The summed E-state index contributed by atoms with van der Waals surface area (Å²) in [5, 5.41) is 31.6. The number of hydrogen-bond acceptors (Lipinski definition) is 8. The van der Waals surface area contributed by atoms with Crippen LogP contribution < -0.4 is 26.6 Å². The van der Waals surface area contributed by atoms with Gasteiger partial charge < -0.3 is 41.7 Å². The number of carbonyl (C=O) groups excluding carboxylic acids is 6. The Labute approximate surface area is 324 Å². The number of amides is 6. The molecule has 0 spiro atoms. The molecule has 0 bridgehead atoms. The predicted octanol–water partition coefficient (Wildman–Crippen LogP) is 1.86. The first-order valence-electron chi connectivity index (χ1n) is 19.0. The molecule has 0 radical (unpaired) electrons. The second kappa shape index (κ2) is 23.7. The van der Waals surface area contributed by atoms with Crippen LogP contribution in [0.25, 0.3) is 0 Å². The number of carbonyl (C=O) groups is 8. The van der Waals surface area contributed by atoms with Gasteiger partial charge >= 0.3 is 11.9 Å². The molecule has 6 atom stereocenters. The maximum atomic E-state index is 14.0. The van der Waals surface area contributed by atoms with Gasteiger partial charge in [0.25, 0.3) is 0 Å². The van der Waals surface area contributed by atoms with Gasteiger partial charge in [-0.3, -0.25) is 33.6 Å². The van der Waals surface area contributed by atoms with E-state index in [-0.39, 0.29) is 31.2 Å². The van der Waals surface area contributed by atoms with Gasteiger partial charge in [-0.2, -0.15) is 0 Å². The van der Waals surface area contributed by atoms with E-state index in [9.17, 15) is 48.6 Å². The van der Waals surface area contributed by atoms with E-state index in [1.54, 1.807) is 71.9 Å². The van der Waals surface area contributed by atoms with Crippen LogP contribution in [0.1, 0.15) is 93.6 Å². The maximum absolute atomic E-state index is 14.0. The molecular formula is C39H62N6O10. The van der Waals surface area contributed by atoms with Gasteiger partial charge in [0.05, 0.1) is 13.0 Å². The average molecular weight is 775 g/mol. The highest BCUT2D eigenvalue weighted by Gasteiger charge is 2.35. The van der Waals surface area contributed by atoms with E-state index in [1.165, 1.54) is 11.8 Å². The fourth-order valence-electron chi connectivity index (χ4n) is 5.51. The first-order chi connectivity index (χ1) is 25.7. The molecule has 0 aromatic heterocycles. The number of benzene rings is 1. The van der Waals surface area contributed by atoms with Crippen molar-refractivity contribution in [3.63, 3.8) is 0 Å². The maximum Gasteiger partial charge on any atom is 0.326 e. The molecule has 1 rings (SSSR count). The molecule has 16 nitrogen and oxygen atoms in total. The minimum Gasteiger partial charge on any atom is -0.481 e. The Hall–Kier alpha value is -5.02. The van der Waals surface area contributed by atoms with Crippen LogP contribution in [0.5, 0.6) is 0 Å². The molecule has 0 aliphatic rings. The Morgan fingerprint density at radius 1 is 0.655 bits per heavy atom. The van der Waals surface area contributed by atoms with Crippen molar-refractivity contribution in [1.29, 1.82) is 0 Å². The van der Waals surface area contributed by atoms with Gasteiger partial charge in [-0.15, -0.1) is 0 Å². The molecule has 0 aliphatic carbocycles. The quantitative estimate of drug-likeness (QED) is 0.0805. The summed E-state index contributed by atoms with van der Waals surface area (Å²) in [6, 6.07) is 1.96. The van der Waals surface area contributed by atoms with Crippen LogP contribution in [-0.4, -0.2) is 106 Å². The molecule has 0 fully saturated rings. The third-order valence-corrected chi connectivity index (χ3v) is 9.13. The lowest BCUT2D eigenvalue weighted by Crippen LogP contribution is -2.61. The van der Waals surface area contributed by atoms with Crippen molar-refractivity contribution in [2.75, 3.05) is 13.1 Å². The summed E-state index contributed by atoms with van der Waals surface area (Å²) in [5.41, 5.74) is 0.615. The Morgan fingerprint density at radius 3 is 1.69 bits per heavy atom. The van der Waals surface area contributed by atoms with Gasteiger partial charge in [0.1, 0.15) is 30.2 Å². The number of carboxylic acid groups (broad SMARTS) is 2. The Kier molecular flexibility index (Phi) is 20.7. The van der Waals surface area contributed by atoms with Crippen LogP contribution in [0.2, 0.25) is 0 Å². The zero-order valence-corrected chi connectivity index (χ0v) is 33.6. The molecule has 16 heteroatoms. The number of aliphatic carboxylic acids is 2. The first kappa shape index (κ1) is 48.0. The van der Waals surface area contributed by atoms with E-state index < -0.39 is 89.9 Å². The van der Waals surface area contributed by atoms with E-state index in [1.807, 2.05) is 13.8 Å². The van der Waals surface area contributed by atoms with Gasteiger partial charge in [-0.1, -0.05) is 99.1 Å². The Bertz CT molecular complexity index is 1470. The lowest BCUT2D eigenvalue weighted by Gasteiger charge is -2.30. The normalized spacial score (nSPS) is 14.5. The number of hydrogen-bond donors (Lipinski definition) is 7. The summed E-state index contributed by atoms with van der Waals surface area (Å²) in [6.07, 6.45) is 0.166. The third-order valence-electron chi connectivity index (χ3n) is 9.13. The fraction of sp³-hybridized carbons (Fsp3) is 0.641. The largest absolute Gasteiger partial charge is 0.481 e. The standard InChI is InChI=1S/C39H62N6O10/c1-10-25(9)33(44-36(51)32(23(5)6)43-30(46)21-45(18-17-22(3)4)38(53)24(7)8)37(52)42-28(19-26-15-13-12-14-16-26)34(49)41-29(20-31(47)48)35(50)40-27(11-2)39(54)55/h12-16,22-25,27-29,32-33H,10-11,17-21H2,1-9H3,(H,40,50)(H,41,49)(H,42,52)(H,43,46)(H,44,51)(H,47,48)(H,54,55)/t25?,27?,28-,29-,32-,33-/m0/s1. The van der Waals surface area contributed by atoms with Crippen LogP contribution in [0.4, 0.5) is 0 Å². The molecule has 0 saturated heterocycles. The van der Waals surface area contributed by atoms with E-state index in [4.69, 9.17) is 0 Å². The topological polar surface area (TPSA) is 240 Å². The zero-order chi connectivity index (χ0) is 42.0. The molecule has 6 amide bonds. The third kappa shape index (κ3) is 16.9. The van der Waals surface area contributed by atoms with Gasteiger partial charge in [0, 0.05) is 18.9 Å². The number of nitrogens with one attached hydrogen (secondary N) is 5. The number of rotatable bonds is 24. The van der Waals surface area contributed by atoms with Crippen molar-refractivity contribution >= 4 is 47.4 Å². The zero-order valence-electron chi connectivity index (χ0n) is 33.6. The molecule has 7 N–H and O–H groups in total. The summed E-state index contributed by atoms with van der Waals surface area (Å²) in [4.78, 5) is 105. The molecule has 0 saturated carbocycles. The lowest BCUT2D eigenvalue weighted by molar-refractivity contribution is -0.143. The molecule has 2 unspecified atom stereocenters. The van der Waals surface area contributed by atoms with Gasteiger partial charge in [0.2, 0.25) is 35.4 Å². The summed E-state index contributed by atoms with van der Waals surface area (Å²) in [7, 11) is 0. The van der Waals surface area contributed by atoms with E-state index in [2.05, 4.69) is 26.6 Å². The van der Waals surface area contributed by atoms with Crippen molar-refractivity contribution in [1.82, 2.24) is 31.5 Å². The highest BCUT2D eigenvalue weighted by Crippen LogP contribution is 2.13. The SMILES string of the molecule is CCC(NC(=O)[C@H](CC(=O)O)NC(=O)[C@H](Cc1ccccc1)NC(=O)[C@@H](NC(=O)[C@@H](NC(=O)CN(CCC(C)C)C(=O)C(C)C)C(C)C)C(C)CC)C(=O)O. The predicted molar refractivity (Wildman–Crippen MR) is 205 cm³/mol. The van der Waals surface area contributed by atoms with Crippen molar-refractivity contribution in [3.8, 4) is 0 Å². The lowest BCUT2D eigenvalue weighted by atomic mass is 9.95. The molecule has 55 heavy (non-hydrogen) atoms. The van der Waals surface area contributed by atoms with Gasteiger partial charge in [-0.25, -0.2) is 4.79 Å². The number of carboxylic acids is 2. The van der Waals surface area contributed by atoms with Crippen LogP contribution in [-0.2, 0) is 44.8 Å². The smallest absolute Gasteiger partial charge is 0.326 e. The van der Waals surface area contributed by atoms with Crippen LogP contribution >= 0.6 is 0 Å². The fourth-order valence-corrected chi connectivity index (χ4v) is 5.51.